The van der Waals surface area contributed by atoms with Crippen LogP contribution in [0.5, 0.6) is 0 Å². The third kappa shape index (κ3) is 2.31. The number of carboxylic acid groups (broad SMARTS) is 1. The van der Waals surface area contributed by atoms with Crippen LogP contribution < -0.4 is 5.32 Å². The molecule has 0 aromatic carbocycles. The summed E-state index contributed by atoms with van der Waals surface area (Å²) in [5.74, 6) is 0.751. The lowest BCUT2D eigenvalue weighted by atomic mass is 9.88. The lowest BCUT2D eigenvalue weighted by molar-refractivity contribution is -0.153. The van der Waals surface area contributed by atoms with Gasteiger partial charge in [0.2, 0.25) is 5.91 Å². The maximum atomic E-state index is 11.8. The Kier molecular flexibility index (Phi) is 3.15. The van der Waals surface area contributed by atoms with Crippen molar-refractivity contribution in [1.82, 2.24) is 5.32 Å². The Morgan fingerprint density at radius 1 is 1.29 bits per heavy atom. The normalized spacial score (nSPS) is 31.5. The van der Waals surface area contributed by atoms with Crippen LogP contribution in [0, 0.1) is 23.2 Å². The molecule has 2 aliphatic rings. The van der Waals surface area contributed by atoms with Crippen LogP contribution in [0.2, 0.25) is 0 Å². The Morgan fingerprint density at radius 2 is 2.00 bits per heavy atom. The van der Waals surface area contributed by atoms with Gasteiger partial charge in [0.25, 0.3) is 0 Å². The minimum Gasteiger partial charge on any atom is -0.480 e. The molecule has 0 aromatic rings. The predicted octanol–water partition coefficient (Wildman–Crippen LogP) is 1.65. The van der Waals surface area contributed by atoms with Gasteiger partial charge < -0.3 is 10.4 Å². The molecule has 2 saturated carbocycles. The molecule has 2 fully saturated rings. The van der Waals surface area contributed by atoms with E-state index in [0.29, 0.717) is 12.5 Å². The maximum absolute atomic E-state index is 11.8. The van der Waals surface area contributed by atoms with Gasteiger partial charge in [-0.15, -0.1) is 0 Å². The van der Waals surface area contributed by atoms with Crippen LogP contribution >= 0.6 is 0 Å². The van der Waals surface area contributed by atoms with Gasteiger partial charge in [0.05, 0.1) is 0 Å². The van der Waals surface area contributed by atoms with E-state index in [0.717, 1.165) is 11.8 Å². The number of carboxylic acids is 1. The molecular weight excluding hydrogens is 218 g/mol. The second-order valence-corrected chi connectivity index (χ2v) is 6.08. The second kappa shape index (κ2) is 4.31. The van der Waals surface area contributed by atoms with Crippen molar-refractivity contribution in [3.8, 4) is 0 Å². The van der Waals surface area contributed by atoms with E-state index in [9.17, 15) is 9.59 Å². The summed E-state index contributed by atoms with van der Waals surface area (Å²) in [6.45, 7) is 3.55. The summed E-state index contributed by atoms with van der Waals surface area (Å²) in [6.07, 6.45) is 5.14. The van der Waals surface area contributed by atoms with Gasteiger partial charge in [-0.3, -0.25) is 9.59 Å². The quantitative estimate of drug-likeness (QED) is 0.733. The average Bonchev–Trinajstić information content (AvgIpc) is 2.86. The van der Waals surface area contributed by atoms with Crippen LogP contribution in [-0.4, -0.2) is 23.5 Å². The number of carbonyl (C=O) groups is 2. The fraction of sp³-hybridized carbons (Fsp3) is 0.846. The van der Waals surface area contributed by atoms with Crippen molar-refractivity contribution in [1.29, 1.82) is 0 Å². The maximum Gasteiger partial charge on any atom is 0.318 e. The van der Waals surface area contributed by atoms with E-state index < -0.39 is 11.4 Å². The van der Waals surface area contributed by atoms with Gasteiger partial charge in [0, 0.05) is 6.54 Å². The SMILES string of the molecule is CC(C)(C(=O)O)C(=O)NCC1CC2CCC1C2. The Bertz CT molecular complexity index is 338. The molecule has 0 saturated heterocycles. The highest BCUT2D eigenvalue weighted by molar-refractivity contribution is 6.00. The number of nitrogens with one attached hydrogen (secondary N) is 1. The van der Waals surface area contributed by atoms with Gasteiger partial charge in [0.15, 0.2) is 0 Å². The third-order valence-electron chi connectivity index (χ3n) is 4.51. The zero-order valence-electron chi connectivity index (χ0n) is 10.5. The van der Waals surface area contributed by atoms with Crippen LogP contribution in [0.25, 0.3) is 0 Å². The van der Waals surface area contributed by atoms with Crippen LogP contribution in [0.1, 0.15) is 39.5 Å². The van der Waals surface area contributed by atoms with Crippen LogP contribution in [0.4, 0.5) is 0 Å². The number of hydrogen-bond acceptors (Lipinski definition) is 2. The van der Waals surface area contributed by atoms with Crippen molar-refractivity contribution < 1.29 is 14.7 Å². The highest BCUT2D eigenvalue weighted by Gasteiger charge is 2.41. The molecular formula is C13H21NO3. The van der Waals surface area contributed by atoms with Crippen molar-refractivity contribution >= 4 is 11.9 Å². The summed E-state index contributed by atoms with van der Waals surface area (Å²) in [4.78, 5) is 22.7. The molecule has 0 heterocycles. The van der Waals surface area contributed by atoms with Gasteiger partial charge in [-0.05, 0) is 50.9 Å². The number of carbonyl (C=O) groups excluding carboxylic acids is 1. The topological polar surface area (TPSA) is 66.4 Å². The summed E-state index contributed by atoms with van der Waals surface area (Å²) in [6, 6.07) is 0. The molecule has 17 heavy (non-hydrogen) atoms. The van der Waals surface area contributed by atoms with Gasteiger partial charge in [0.1, 0.15) is 5.41 Å². The average molecular weight is 239 g/mol. The third-order valence-corrected chi connectivity index (χ3v) is 4.51. The predicted molar refractivity (Wildman–Crippen MR) is 63.4 cm³/mol. The summed E-state index contributed by atoms with van der Waals surface area (Å²) in [5.41, 5.74) is -1.32. The number of rotatable bonds is 4. The summed E-state index contributed by atoms with van der Waals surface area (Å²) in [7, 11) is 0. The van der Waals surface area contributed by atoms with Gasteiger partial charge in [-0.1, -0.05) is 6.42 Å². The van der Waals surface area contributed by atoms with Crippen molar-refractivity contribution in [2.24, 2.45) is 23.2 Å². The molecule has 2 aliphatic carbocycles. The Hall–Kier alpha value is -1.06. The van der Waals surface area contributed by atoms with E-state index in [1.54, 1.807) is 0 Å². The van der Waals surface area contributed by atoms with Crippen LogP contribution in [0.15, 0.2) is 0 Å². The first-order chi connectivity index (χ1) is 7.91. The van der Waals surface area contributed by atoms with E-state index >= 15 is 0 Å². The lowest BCUT2D eigenvalue weighted by Crippen LogP contribution is -2.44. The largest absolute Gasteiger partial charge is 0.480 e. The van der Waals surface area contributed by atoms with E-state index in [2.05, 4.69) is 5.32 Å². The lowest BCUT2D eigenvalue weighted by Gasteiger charge is -2.24. The standard InChI is InChI=1S/C13H21NO3/c1-13(2,12(16)17)11(15)14-7-10-6-8-3-4-9(10)5-8/h8-10H,3-7H2,1-2H3,(H,14,15)(H,16,17). The highest BCUT2D eigenvalue weighted by atomic mass is 16.4. The van der Waals surface area contributed by atoms with Gasteiger partial charge in [-0.2, -0.15) is 0 Å². The first kappa shape index (κ1) is 12.4. The summed E-state index contributed by atoms with van der Waals surface area (Å²) < 4.78 is 0. The number of aliphatic carboxylic acids is 1. The monoisotopic (exact) mass is 239 g/mol. The van der Waals surface area contributed by atoms with Crippen LogP contribution in [0.3, 0.4) is 0 Å². The number of fused-ring (bicyclic) bond motifs is 2. The number of hydrogen-bond donors (Lipinski definition) is 2. The summed E-state index contributed by atoms with van der Waals surface area (Å²) in [5, 5.41) is 11.8. The van der Waals surface area contributed by atoms with E-state index in [4.69, 9.17) is 5.11 Å². The molecule has 2 rings (SSSR count). The first-order valence-corrected chi connectivity index (χ1v) is 6.43. The number of amides is 1. The van der Waals surface area contributed by atoms with Crippen molar-refractivity contribution in [3.63, 3.8) is 0 Å². The molecule has 0 aromatic heterocycles. The molecule has 3 atom stereocenters. The molecule has 4 heteroatoms. The Morgan fingerprint density at radius 3 is 2.47 bits per heavy atom. The minimum atomic E-state index is -1.32. The fourth-order valence-corrected chi connectivity index (χ4v) is 3.17. The molecule has 1 amide bonds. The molecule has 96 valence electrons. The van der Waals surface area contributed by atoms with Gasteiger partial charge >= 0.3 is 5.97 Å². The zero-order chi connectivity index (χ0) is 12.6. The summed E-state index contributed by atoms with van der Waals surface area (Å²) >= 11 is 0. The van der Waals surface area contributed by atoms with Crippen molar-refractivity contribution in [2.75, 3.05) is 6.54 Å². The minimum absolute atomic E-state index is 0.368. The second-order valence-electron chi connectivity index (χ2n) is 6.08. The molecule has 0 radical (unpaired) electrons. The van der Waals surface area contributed by atoms with Crippen LogP contribution in [-0.2, 0) is 9.59 Å². The van der Waals surface area contributed by atoms with E-state index in [-0.39, 0.29) is 5.91 Å². The highest BCUT2D eigenvalue weighted by Crippen LogP contribution is 2.47. The Balaban J connectivity index is 1.83. The Labute approximate surface area is 102 Å². The van der Waals surface area contributed by atoms with E-state index in [1.165, 1.54) is 39.5 Å². The molecule has 2 N–H and O–H groups in total. The molecule has 2 bridgehead atoms. The molecule has 4 nitrogen and oxygen atoms in total. The fourth-order valence-electron chi connectivity index (χ4n) is 3.17. The van der Waals surface area contributed by atoms with Crippen molar-refractivity contribution in [3.05, 3.63) is 0 Å². The zero-order valence-corrected chi connectivity index (χ0v) is 10.5. The first-order valence-electron chi connectivity index (χ1n) is 6.43. The molecule has 3 unspecified atom stereocenters. The molecule has 0 spiro atoms. The van der Waals surface area contributed by atoms with Crippen molar-refractivity contribution in [2.45, 2.75) is 39.5 Å². The molecule has 0 aliphatic heterocycles. The smallest absolute Gasteiger partial charge is 0.318 e. The van der Waals surface area contributed by atoms with Gasteiger partial charge in [-0.25, -0.2) is 0 Å². The van der Waals surface area contributed by atoms with E-state index in [1.807, 2.05) is 0 Å².